The summed E-state index contributed by atoms with van der Waals surface area (Å²) in [6.45, 7) is 8.59. The summed E-state index contributed by atoms with van der Waals surface area (Å²) in [5, 5.41) is 14.0. The molecule has 0 spiro atoms. The molecule has 0 amide bonds. The lowest BCUT2D eigenvalue weighted by molar-refractivity contribution is 0.0443. The minimum Gasteiger partial charge on any atom is -0.390 e. The molecule has 1 aromatic heterocycles. The largest absolute Gasteiger partial charge is 0.390 e. The van der Waals surface area contributed by atoms with E-state index in [9.17, 15) is 5.11 Å². The number of aromatic nitrogens is 2. The normalized spacial score (nSPS) is 26.5. The van der Waals surface area contributed by atoms with Gasteiger partial charge in [-0.2, -0.15) is 4.98 Å². The smallest absolute Gasteiger partial charge is 0.229 e. The van der Waals surface area contributed by atoms with E-state index in [0.29, 0.717) is 12.4 Å². The average molecular weight is 253 g/mol. The number of aliphatic hydroxyl groups is 1. The van der Waals surface area contributed by atoms with Gasteiger partial charge in [-0.25, -0.2) is 0 Å². The molecule has 2 rings (SSSR count). The molecule has 1 aliphatic rings. The number of rotatable bonds is 3. The molecule has 0 aliphatic carbocycles. The standard InChI is InChI=1S/C13H23N3O2/c1-10(2)12-14-11(15-18-12)9-16-7-4-5-13(3,17)6-8-16/h10,17H,4-9H2,1-3H3. The van der Waals surface area contributed by atoms with Gasteiger partial charge in [-0.3, -0.25) is 4.90 Å². The van der Waals surface area contributed by atoms with Crippen LogP contribution in [0.2, 0.25) is 0 Å². The van der Waals surface area contributed by atoms with Crippen LogP contribution in [0.25, 0.3) is 0 Å². The topological polar surface area (TPSA) is 62.4 Å². The first-order chi connectivity index (χ1) is 8.46. The highest BCUT2D eigenvalue weighted by molar-refractivity contribution is 4.91. The number of likely N-dealkylation sites (tertiary alicyclic amines) is 1. The Morgan fingerprint density at radius 2 is 2.17 bits per heavy atom. The Labute approximate surface area is 108 Å². The van der Waals surface area contributed by atoms with Crippen LogP contribution < -0.4 is 0 Å². The third-order valence-electron chi connectivity index (χ3n) is 3.50. The minimum absolute atomic E-state index is 0.274. The molecule has 18 heavy (non-hydrogen) atoms. The lowest BCUT2D eigenvalue weighted by Crippen LogP contribution is -2.28. The van der Waals surface area contributed by atoms with E-state index in [-0.39, 0.29) is 5.92 Å². The maximum Gasteiger partial charge on any atom is 0.229 e. The van der Waals surface area contributed by atoms with Gasteiger partial charge in [0.15, 0.2) is 5.82 Å². The van der Waals surface area contributed by atoms with Crippen molar-refractivity contribution in [3.05, 3.63) is 11.7 Å². The van der Waals surface area contributed by atoms with Gasteiger partial charge in [0.2, 0.25) is 5.89 Å². The Balaban J connectivity index is 1.92. The molecular formula is C13H23N3O2. The molecule has 0 aromatic carbocycles. The summed E-state index contributed by atoms with van der Waals surface area (Å²) in [7, 11) is 0. The van der Waals surface area contributed by atoms with Gasteiger partial charge in [-0.15, -0.1) is 0 Å². The van der Waals surface area contributed by atoms with Crippen molar-refractivity contribution in [1.82, 2.24) is 15.0 Å². The predicted octanol–water partition coefficient (Wildman–Crippen LogP) is 1.93. The molecule has 2 heterocycles. The van der Waals surface area contributed by atoms with Crippen molar-refractivity contribution >= 4 is 0 Å². The molecule has 1 aromatic rings. The first-order valence-electron chi connectivity index (χ1n) is 6.73. The average Bonchev–Trinajstić information content (AvgIpc) is 2.67. The van der Waals surface area contributed by atoms with E-state index in [0.717, 1.165) is 38.2 Å². The Morgan fingerprint density at radius 1 is 1.39 bits per heavy atom. The Morgan fingerprint density at radius 3 is 2.83 bits per heavy atom. The van der Waals surface area contributed by atoms with Gasteiger partial charge in [0.1, 0.15) is 0 Å². The molecule has 0 saturated carbocycles. The molecule has 1 saturated heterocycles. The minimum atomic E-state index is -0.519. The van der Waals surface area contributed by atoms with Gasteiger partial charge in [0.25, 0.3) is 0 Å². The summed E-state index contributed by atoms with van der Waals surface area (Å²) in [6, 6.07) is 0. The second-order valence-electron chi connectivity index (χ2n) is 5.83. The molecular weight excluding hydrogens is 230 g/mol. The second-order valence-corrected chi connectivity index (χ2v) is 5.83. The summed E-state index contributed by atoms with van der Waals surface area (Å²) in [4.78, 5) is 6.68. The van der Waals surface area contributed by atoms with E-state index in [1.54, 1.807) is 0 Å². The van der Waals surface area contributed by atoms with Crippen molar-refractivity contribution < 1.29 is 9.63 Å². The fourth-order valence-electron chi connectivity index (χ4n) is 2.24. The van der Waals surface area contributed by atoms with Crippen LogP contribution in [-0.4, -0.2) is 38.8 Å². The fraction of sp³-hybridized carbons (Fsp3) is 0.846. The first kappa shape index (κ1) is 13.5. The van der Waals surface area contributed by atoms with Gasteiger partial charge < -0.3 is 9.63 Å². The molecule has 0 radical (unpaired) electrons. The maximum atomic E-state index is 10.0. The fourth-order valence-corrected chi connectivity index (χ4v) is 2.24. The number of nitrogens with zero attached hydrogens (tertiary/aromatic N) is 3. The third kappa shape index (κ3) is 3.53. The zero-order valence-corrected chi connectivity index (χ0v) is 11.5. The summed E-state index contributed by atoms with van der Waals surface area (Å²) < 4.78 is 5.20. The molecule has 1 unspecified atom stereocenters. The van der Waals surface area contributed by atoms with Crippen LogP contribution in [0.15, 0.2) is 4.52 Å². The lowest BCUT2D eigenvalue weighted by atomic mass is 9.98. The summed E-state index contributed by atoms with van der Waals surface area (Å²) in [5.41, 5.74) is -0.519. The highest BCUT2D eigenvalue weighted by Crippen LogP contribution is 2.22. The zero-order chi connectivity index (χ0) is 13.2. The van der Waals surface area contributed by atoms with Crippen molar-refractivity contribution in [2.75, 3.05) is 13.1 Å². The Bertz CT molecular complexity index is 387. The van der Waals surface area contributed by atoms with Crippen molar-refractivity contribution in [1.29, 1.82) is 0 Å². The van der Waals surface area contributed by atoms with E-state index in [4.69, 9.17) is 4.52 Å². The van der Waals surface area contributed by atoms with Crippen LogP contribution in [0.1, 0.15) is 57.7 Å². The first-order valence-corrected chi connectivity index (χ1v) is 6.73. The third-order valence-corrected chi connectivity index (χ3v) is 3.50. The van der Waals surface area contributed by atoms with E-state index >= 15 is 0 Å². The van der Waals surface area contributed by atoms with Crippen LogP contribution >= 0.6 is 0 Å². The van der Waals surface area contributed by atoms with Gasteiger partial charge in [0, 0.05) is 12.5 Å². The van der Waals surface area contributed by atoms with E-state index in [1.807, 2.05) is 20.8 Å². The van der Waals surface area contributed by atoms with Crippen molar-refractivity contribution in [2.45, 2.75) is 58.1 Å². The lowest BCUT2D eigenvalue weighted by Gasteiger charge is -2.21. The molecule has 5 heteroatoms. The number of hydrogen-bond acceptors (Lipinski definition) is 5. The van der Waals surface area contributed by atoms with E-state index in [1.165, 1.54) is 0 Å². The summed E-state index contributed by atoms with van der Waals surface area (Å²) in [5.74, 6) is 1.73. The van der Waals surface area contributed by atoms with Crippen LogP contribution in [-0.2, 0) is 6.54 Å². The Hall–Kier alpha value is -0.940. The van der Waals surface area contributed by atoms with Gasteiger partial charge in [0.05, 0.1) is 12.1 Å². The molecule has 0 bridgehead atoms. The van der Waals surface area contributed by atoms with E-state index < -0.39 is 5.60 Å². The van der Waals surface area contributed by atoms with Crippen LogP contribution in [0.5, 0.6) is 0 Å². The van der Waals surface area contributed by atoms with Crippen molar-refractivity contribution in [3.8, 4) is 0 Å². The predicted molar refractivity (Wildman–Crippen MR) is 68.1 cm³/mol. The van der Waals surface area contributed by atoms with Crippen LogP contribution in [0.3, 0.4) is 0 Å². The SMILES string of the molecule is CC(C)c1nc(CN2CCCC(C)(O)CC2)no1. The highest BCUT2D eigenvalue weighted by atomic mass is 16.5. The maximum absolute atomic E-state index is 10.0. The molecule has 1 atom stereocenters. The molecule has 1 aliphatic heterocycles. The molecule has 5 nitrogen and oxygen atoms in total. The van der Waals surface area contributed by atoms with E-state index in [2.05, 4.69) is 15.0 Å². The zero-order valence-electron chi connectivity index (χ0n) is 11.5. The van der Waals surface area contributed by atoms with Crippen LogP contribution in [0, 0.1) is 0 Å². The van der Waals surface area contributed by atoms with Gasteiger partial charge in [-0.05, 0) is 32.7 Å². The Kier molecular flexibility index (Phi) is 4.02. The van der Waals surface area contributed by atoms with Crippen molar-refractivity contribution in [2.24, 2.45) is 0 Å². The number of hydrogen-bond donors (Lipinski definition) is 1. The van der Waals surface area contributed by atoms with Crippen molar-refractivity contribution in [3.63, 3.8) is 0 Å². The van der Waals surface area contributed by atoms with Crippen LogP contribution in [0.4, 0.5) is 0 Å². The quantitative estimate of drug-likeness (QED) is 0.891. The highest BCUT2D eigenvalue weighted by Gasteiger charge is 2.25. The molecule has 102 valence electrons. The second kappa shape index (κ2) is 5.36. The molecule has 1 fully saturated rings. The summed E-state index contributed by atoms with van der Waals surface area (Å²) >= 11 is 0. The summed E-state index contributed by atoms with van der Waals surface area (Å²) in [6.07, 6.45) is 2.69. The van der Waals surface area contributed by atoms with Gasteiger partial charge >= 0.3 is 0 Å². The monoisotopic (exact) mass is 253 g/mol. The molecule has 1 N–H and O–H groups in total. The van der Waals surface area contributed by atoms with Gasteiger partial charge in [-0.1, -0.05) is 19.0 Å².